The number of nitrogens with two attached hydrogens (primary N) is 1. The van der Waals surface area contributed by atoms with Crippen molar-refractivity contribution in [1.82, 2.24) is 9.97 Å². The van der Waals surface area contributed by atoms with Crippen molar-refractivity contribution in [3.63, 3.8) is 0 Å². The van der Waals surface area contributed by atoms with Crippen LogP contribution in [0.3, 0.4) is 0 Å². The molecule has 3 rings (SSSR count). The Balaban J connectivity index is 1.88. The fraction of sp³-hybridized carbons (Fsp3) is 0.0588. The summed E-state index contributed by atoms with van der Waals surface area (Å²) in [5.41, 5.74) is 9.65. The fourth-order valence-electron chi connectivity index (χ4n) is 2.14. The summed E-state index contributed by atoms with van der Waals surface area (Å²) in [4.78, 5) is 8.46. The maximum atomic E-state index is 6.21. The van der Waals surface area contributed by atoms with Crippen LogP contribution in [0.5, 0.6) is 0 Å². The second-order valence-corrected chi connectivity index (χ2v) is 5.98. The molecule has 0 saturated carbocycles. The zero-order chi connectivity index (χ0) is 16.2. The normalized spacial score (nSPS) is 10.3. The Morgan fingerprint density at radius 1 is 0.957 bits per heavy atom. The average molecular weight is 370 g/mol. The van der Waals surface area contributed by atoms with Gasteiger partial charge in [-0.25, -0.2) is 9.97 Å². The van der Waals surface area contributed by atoms with Crippen molar-refractivity contribution >= 4 is 44.6 Å². The van der Waals surface area contributed by atoms with E-state index in [2.05, 4.69) is 36.5 Å². The second kappa shape index (κ2) is 6.66. The number of nitrogen functional groups attached to an aromatic ring is 1. The first-order valence-corrected chi connectivity index (χ1v) is 7.88. The highest BCUT2D eigenvalue weighted by Crippen LogP contribution is 2.29. The quantitative estimate of drug-likeness (QED) is 0.625. The highest BCUT2D eigenvalue weighted by atomic mass is 79.9. The van der Waals surface area contributed by atoms with E-state index in [-0.39, 0.29) is 0 Å². The number of anilines is 5. The highest BCUT2D eigenvalue weighted by molar-refractivity contribution is 9.10. The molecule has 0 atom stereocenters. The Morgan fingerprint density at radius 2 is 1.70 bits per heavy atom. The van der Waals surface area contributed by atoms with E-state index in [0.29, 0.717) is 17.3 Å². The van der Waals surface area contributed by atoms with Crippen LogP contribution >= 0.6 is 15.9 Å². The molecule has 4 N–H and O–H groups in total. The third-order valence-electron chi connectivity index (χ3n) is 3.37. The number of benzene rings is 2. The lowest BCUT2D eigenvalue weighted by atomic mass is 10.2. The molecule has 0 radical (unpaired) electrons. The Hall–Kier alpha value is -2.60. The van der Waals surface area contributed by atoms with Gasteiger partial charge in [0.25, 0.3) is 0 Å². The van der Waals surface area contributed by atoms with Crippen LogP contribution in [0.25, 0.3) is 0 Å². The van der Waals surface area contributed by atoms with Crippen molar-refractivity contribution < 1.29 is 0 Å². The molecule has 1 aromatic heterocycles. The third-order valence-corrected chi connectivity index (χ3v) is 3.86. The molecule has 0 fully saturated rings. The van der Waals surface area contributed by atoms with Gasteiger partial charge in [0.1, 0.15) is 12.0 Å². The van der Waals surface area contributed by atoms with Crippen molar-refractivity contribution in [2.24, 2.45) is 0 Å². The molecule has 0 bridgehead atoms. The van der Waals surface area contributed by atoms with E-state index in [9.17, 15) is 0 Å². The van der Waals surface area contributed by atoms with Crippen molar-refractivity contribution in [1.29, 1.82) is 0 Å². The van der Waals surface area contributed by atoms with E-state index >= 15 is 0 Å². The molecule has 0 unspecified atom stereocenters. The van der Waals surface area contributed by atoms with Gasteiger partial charge in [-0.15, -0.1) is 0 Å². The number of halogens is 1. The van der Waals surface area contributed by atoms with Crippen LogP contribution in [-0.4, -0.2) is 9.97 Å². The van der Waals surface area contributed by atoms with Crippen molar-refractivity contribution in [2.45, 2.75) is 6.92 Å². The highest BCUT2D eigenvalue weighted by Gasteiger charge is 2.09. The van der Waals surface area contributed by atoms with Gasteiger partial charge in [0, 0.05) is 15.8 Å². The van der Waals surface area contributed by atoms with Gasteiger partial charge >= 0.3 is 0 Å². The number of hydrogen-bond acceptors (Lipinski definition) is 5. The molecule has 3 aromatic rings. The Kier molecular flexibility index (Phi) is 4.43. The van der Waals surface area contributed by atoms with E-state index in [0.717, 1.165) is 21.4 Å². The SMILES string of the molecule is Cc1ccccc1Nc1ncnc(Nc2cccc(Br)c2)c1N. The Morgan fingerprint density at radius 3 is 2.43 bits per heavy atom. The summed E-state index contributed by atoms with van der Waals surface area (Å²) in [6.07, 6.45) is 1.48. The maximum absolute atomic E-state index is 6.21. The van der Waals surface area contributed by atoms with E-state index in [4.69, 9.17) is 5.73 Å². The monoisotopic (exact) mass is 369 g/mol. The van der Waals surface area contributed by atoms with Gasteiger partial charge in [-0.1, -0.05) is 40.2 Å². The standard InChI is InChI=1S/C17H16BrN5/c1-11-5-2-3-8-14(11)23-17-15(19)16(20-10-21-17)22-13-7-4-6-12(18)9-13/h2-10H,19H2,1H3,(H2,20,21,22,23). The van der Waals surface area contributed by atoms with Gasteiger partial charge in [0.2, 0.25) is 0 Å². The lowest BCUT2D eigenvalue weighted by Crippen LogP contribution is -2.05. The number of aromatic nitrogens is 2. The molecule has 0 aliphatic heterocycles. The molecule has 0 amide bonds. The van der Waals surface area contributed by atoms with Crippen molar-refractivity contribution in [3.8, 4) is 0 Å². The molecule has 5 nitrogen and oxygen atoms in total. The fourth-order valence-corrected chi connectivity index (χ4v) is 2.54. The van der Waals surface area contributed by atoms with Crippen LogP contribution in [0.2, 0.25) is 0 Å². The minimum atomic E-state index is 0.468. The molecule has 23 heavy (non-hydrogen) atoms. The molecule has 116 valence electrons. The van der Waals surface area contributed by atoms with Gasteiger partial charge in [-0.2, -0.15) is 0 Å². The summed E-state index contributed by atoms with van der Waals surface area (Å²) in [6, 6.07) is 15.8. The second-order valence-electron chi connectivity index (χ2n) is 5.06. The maximum Gasteiger partial charge on any atom is 0.159 e. The molecule has 2 aromatic carbocycles. The molecule has 0 spiro atoms. The van der Waals surface area contributed by atoms with Crippen LogP contribution in [0.4, 0.5) is 28.7 Å². The van der Waals surface area contributed by atoms with Crippen LogP contribution in [-0.2, 0) is 0 Å². The molecular weight excluding hydrogens is 354 g/mol. The number of hydrogen-bond donors (Lipinski definition) is 3. The van der Waals surface area contributed by atoms with Gasteiger partial charge in [-0.3, -0.25) is 0 Å². The van der Waals surface area contributed by atoms with E-state index in [1.165, 1.54) is 6.33 Å². The summed E-state index contributed by atoms with van der Waals surface area (Å²) < 4.78 is 0.980. The van der Waals surface area contributed by atoms with Crippen molar-refractivity contribution in [3.05, 3.63) is 64.9 Å². The molecule has 0 saturated heterocycles. The van der Waals surface area contributed by atoms with Crippen molar-refractivity contribution in [2.75, 3.05) is 16.4 Å². The van der Waals surface area contributed by atoms with Gasteiger partial charge in [0.05, 0.1) is 0 Å². The molecular formula is C17H16BrN5. The topological polar surface area (TPSA) is 75.9 Å². The number of rotatable bonds is 4. The van der Waals surface area contributed by atoms with Gasteiger partial charge in [0.15, 0.2) is 11.6 Å². The minimum absolute atomic E-state index is 0.468. The van der Waals surface area contributed by atoms with Crippen LogP contribution in [0.15, 0.2) is 59.3 Å². The minimum Gasteiger partial charge on any atom is -0.393 e. The third kappa shape index (κ3) is 3.60. The predicted molar refractivity (Wildman–Crippen MR) is 98.3 cm³/mol. The number of para-hydroxylation sites is 1. The zero-order valence-electron chi connectivity index (χ0n) is 12.5. The smallest absolute Gasteiger partial charge is 0.159 e. The first kappa shape index (κ1) is 15.3. The summed E-state index contributed by atoms with van der Waals surface area (Å²) in [6.45, 7) is 2.03. The summed E-state index contributed by atoms with van der Waals surface area (Å²) in [5.74, 6) is 1.14. The number of nitrogens with one attached hydrogen (secondary N) is 2. The molecule has 6 heteroatoms. The van der Waals surface area contributed by atoms with Crippen LogP contribution in [0, 0.1) is 6.92 Å². The lowest BCUT2D eigenvalue weighted by Gasteiger charge is -2.13. The summed E-state index contributed by atoms with van der Waals surface area (Å²) in [5, 5.41) is 6.46. The number of aryl methyl sites for hydroxylation is 1. The average Bonchev–Trinajstić information content (AvgIpc) is 2.53. The first-order valence-electron chi connectivity index (χ1n) is 7.09. The molecule has 0 aliphatic rings. The van der Waals surface area contributed by atoms with Gasteiger partial charge < -0.3 is 16.4 Å². The summed E-state index contributed by atoms with van der Waals surface area (Å²) in [7, 11) is 0. The van der Waals surface area contributed by atoms with E-state index in [1.54, 1.807) is 0 Å². The predicted octanol–water partition coefficient (Wildman–Crippen LogP) is 4.62. The van der Waals surface area contributed by atoms with E-state index < -0.39 is 0 Å². The van der Waals surface area contributed by atoms with Crippen LogP contribution < -0.4 is 16.4 Å². The lowest BCUT2D eigenvalue weighted by molar-refractivity contribution is 1.17. The Labute approximate surface area is 143 Å². The van der Waals surface area contributed by atoms with E-state index in [1.807, 2.05) is 55.5 Å². The molecule has 1 heterocycles. The molecule has 0 aliphatic carbocycles. The first-order chi connectivity index (χ1) is 11.1. The summed E-state index contributed by atoms with van der Waals surface area (Å²) >= 11 is 3.44. The Bertz CT molecular complexity index is 835. The van der Waals surface area contributed by atoms with Crippen LogP contribution in [0.1, 0.15) is 5.56 Å². The van der Waals surface area contributed by atoms with Gasteiger partial charge in [-0.05, 0) is 36.8 Å². The number of nitrogens with zero attached hydrogens (tertiary/aromatic N) is 2. The largest absolute Gasteiger partial charge is 0.393 e. The zero-order valence-corrected chi connectivity index (χ0v) is 14.1.